The molecule has 0 saturated heterocycles. The molecule has 0 heterocycles. The summed E-state index contributed by atoms with van der Waals surface area (Å²) < 4.78 is 24.8. The molecule has 0 amide bonds. The van der Waals surface area contributed by atoms with Crippen LogP contribution in [0.15, 0.2) is 66.7 Å². The molecular formula is C21H16ClFO4. The second-order valence-electron chi connectivity index (χ2n) is 5.74. The number of benzene rings is 3. The molecule has 1 N–H and O–H groups in total. The van der Waals surface area contributed by atoms with Crippen LogP contribution in [0.4, 0.5) is 4.39 Å². The highest BCUT2D eigenvalue weighted by atomic mass is 35.5. The molecule has 138 valence electrons. The number of hydrogen-bond acceptors (Lipinski definition) is 3. The molecule has 0 atom stereocenters. The highest BCUT2D eigenvalue weighted by molar-refractivity contribution is 6.31. The fourth-order valence-electron chi connectivity index (χ4n) is 2.50. The van der Waals surface area contributed by atoms with E-state index in [0.717, 1.165) is 5.56 Å². The highest BCUT2D eigenvalue weighted by Crippen LogP contribution is 2.33. The molecular weight excluding hydrogens is 371 g/mol. The van der Waals surface area contributed by atoms with Crippen LogP contribution in [0.3, 0.4) is 0 Å². The van der Waals surface area contributed by atoms with E-state index in [0.29, 0.717) is 10.6 Å². The summed E-state index contributed by atoms with van der Waals surface area (Å²) in [6, 6.07) is 17.7. The molecule has 0 fully saturated rings. The van der Waals surface area contributed by atoms with Crippen molar-refractivity contribution in [1.29, 1.82) is 0 Å². The summed E-state index contributed by atoms with van der Waals surface area (Å²) in [6.45, 7) is 0.156. The number of carboxylic acids is 1. The van der Waals surface area contributed by atoms with Crippen LogP contribution in [0, 0.1) is 5.82 Å². The zero-order valence-corrected chi connectivity index (χ0v) is 14.9. The number of aromatic carboxylic acids is 1. The maximum atomic E-state index is 13.3. The summed E-state index contributed by atoms with van der Waals surface area (Å²) in [5.41, 5.74) is 1.30. The second-order valence-corrected chi connectivity index (χ2v) is 6.14. The Kier molecular flexibility index (Phi) is 5.94. The molecule has 0 aliphatic rings. The molecule has 27 heavy (non-hydrogen) atoms. The number of halogens is 2. The summed E-state index contributed by atoms with van der Waals surface area (Å²) in [6.07, 6.45) is 0. The third-order valence-electron chi connectivity index (χ3n) is 3.82. The lowest BCUT2D eigenvalue weighted by Gasteiger charge is -2.15. The van der Waals surface area contributed by atoms with Crippen molar-refractivity contribution in [3.8, 4) is 11.5 Å². The third-order valence-corrected chi connectivity index (χ3v) is 4.19. The van der Waals surface area contributed by atoms with E-state index in [-0.39, 0.29) is 30.3 Å². The Morgan fingerprint density at radius 3 is 2.48 bits per heavy atom. The fourth-order valence-corrected chi connectivity index (χ4v) is 2.69. The average molecular weight is 387 g/mol. The maximum Gasteiger partial charge on any atom is 0.339 e. The van der Waals surface area contributed by atoms with E-state index in [4.69, 9.17) is 21.1 Å². The Bertz CT molecular complexity index is 958. The number of para-hydroxylation sites is 1. The van der Waals surface area contributed by atoms with Crippen LogP contribution in [0.2, 0.25) is 5.02 Å². The van der Waals surface area contributed by atoms with Crippen LogP contribution in [0.25, 0.3) is 0 Å². The predicted molar refractivity (Wildman–Crippen MR) is 99.9 cm³/mol. The zero-order valence-electron chi connectivity index (χ0n) is 14.2. The van der Waals surface area contributed by atoms with E-state index < -0.39 is 11.8 Å². The van der Waals surface area contributed by atoms with E-state index in [1.54, 1.807) is 30.3 Å². The SMILES string of the molecule is O=C(O)c1cccc(OCc2ccccc2Cl)c1OCc1cccc(F)c1. The highest BCUT2D eigenvalue weighted by Gasteiger charge is 2.17. The summed E-state index contributed by atoms with van der Waals surface area (Å²) in [7, 11) is 0. The quantitative estimate of drug-likeness (QED) is 0.595. The Morgan fingerprint density at radius 1 is 0.963 bits per heavy atom. The maximum absolute atomic E-state index is 13.3. The van der Waals surface area contributed by atoms with Gasteiger partial charge in [0.1, 0.15) is 24.6 Å². The van der Waals surface area contributed by atoms with E-state index in [2.05, 4.69) is 0 Å². The van der Waals surface area contributed by atoms with Crippen molar-refractivity contribution in [3.05, 3.63) is 94.3 Å². The van der Waals surface area contributed by atoms with Crippen LogP contribution < -0.4 is 9.47 Å². The molecule has 3 rings (SSSR count). The predicted octanol–water partition coefficient (Wildman–Crippen LogP) is 5.34. The van der Waals surface area contributed by atoms with Gasteiger partial charge in [-0.05, 0) is 35.9 Å². The van der Waals surface area contributed by atoms with Crippen LogP contribution in [0.5, 0.6) is 11.5 Å². The van der Waals surface area contributed by atoms with E-state index >= 15 is 0 Å². The molecule has 0 aromatic heterocycles. The molecule has 0 radical (unpaired) electrons. The van der Waals surface area contributed by atoms with Gasteiger partial charge in [0.25, 0.3) is 0 Å². The van der Waals surface area contributed by atoms with Crippen LogP contribution in [-0.4, -0.2) is 11.1 Å². The Hall–Kier alpha value is -3.05. The summed E-state index contributed by atoms with van der Waals surface area (Å²) in [4.78, 5) is 11.6. The first-order valence-corrected chi connectivity index (χ1v) is 8.52. The molecule has 0 bridgehead atoms. The normalized spacial score (nSPS) is 10.4. The van der Waals surface area contributed by atoms with Crippen molar-refractivity contribution >= 4 is 17.6 Å². The molecule has 0 unspecified atom stereocenters. The van der Waals surface area contributed by atoms with Crippen molar-refractivity contribution in [1.82, 2.24) is 0 Å². The summed E-state index contributed by atoms with van der Waals surface area (Å²) in [5.74, 6) is -1.18. The first-order chi connectivity index (χ1) is 13.0. The van der Waals surface area contributed by atoms with E-state index in [9.17, 15) is 14.3 Å². The zero-order chi connectivity index (χ0) is 19.2. The monoisotopic (exact) mass is 386 g/mol. The molecule has 0 aliphatic carbocycles. The molecule has 3 aromatic rings. The summed E-state index contributed by atoms with van der Waals surface area (Å²) >= 11 is 6.13. The minimum atomic E-state index is -1.15. The molecule has 4 nitrogen and oxygen atoms in total. The lowest BCUT2D eigenvalue weighted by atomic mass is 10.1. The smallest absolute Gasteiger partial charge is 0.339 e. The third kappa shape index (κ3) is 4.77. The molecule has 6 heteroatoms. The molecule has 3 aromatic carbocycles. The van der Waals surface area contributed by atoms with Gasteiger partial charge in [0.05, 0.1) is 0 Å². The van der Waals surface area contributed by atoms with Gasteiger partial charge in [-0.25, -0.2) is 9.18 Å². The van der Waals surface area contributed by atoms with Gasteiger partial charge in [0, 0.05) is 10.6 Å². The van der Waals surface area contributed by atoms with Crippen molar-refractivity contribution in [2.24, 2.45) is 0 Å². The largest absolute Gasteiger partial charge is 0.485 e. The minimum absolute atomic E-state index is 0.00447. The Labute approximate surface area is 160 Å². The van der Waals surface area contributed by atoms with Gasteiger partial charge in [-0.15, -0.1) is 0 Å². The number of hydrogen-bond donors (Lipinski definition) is 1. The van der Waals surface area contributed by atoms with Gasteiger partial charge in [-0.3, -0.25) is 0 Å². The topological polar surface area (TPSA) is 55.8 Å². The van der Waals surface area contributed by atoms with E-state index in [1.165, 1.54) is 18.2 Å². The van der Waals surface area contributed by atoms with Crippen LogP contribution in [0.1, 0.15) is 21.5 Å². The number of ether oxygens (including phenoxy) is 2. The van der Waals surface area contributed by atoms with Crippen molar-refractivity contribution in [3.63, 3.8) is 0 Å². The second kappa shape index (κ2) is 8.56. The van der Waals surface area contributed by atoms with E-state index in [1.807, 2.05) is 18.2 Å². The fraction of sp³-hybridized carbons (Fsp3) is 0.0952. The average Bonchev–Trinajstić information content (AvgIpc) is 2.66. The summed E-state index contributed by atoms with van der Waals surface area (Å²) in [5, 5.41) is 9.99. The van der Waals surface area contributed by atoms with Crippen molar-refractivity contribution < 1.29 is 23.8 Å². The number of carbonyl (C=O) groups is 1. The number of rotatable bonds is 7. The first-order valence-electron chi connectivity index (χ1n) is 8.14. The molecule has 0 aliphatic heterocycles. The lowest BCUT2D eigenvalue weighted by molar-refractivity contribution is 0.0690. The number of carboxylic acid groups (broad SMARTS) is 1. The first kappa shape index (κ1) is 18.7. The van der Waals surface area contributed by atoms with Crippen LogP contribution in [-0.2, 0) is 13.2 Å². The lowest BCUT2D eigenvalue weighted by Crippen LogP contribution is -2.06. The van der Waals surface area contributed by atoms with Crippen molar-refractivity contribution in [2.45, 2.75) is 13.2 Å². The minimum Gasteiger partial charge on any atom is -0.485 e. The Morgan fingerprint density at radius 2 is 1.74 bits per heavy atom. The molecule has 0 saturated carbocycles. The molecule has 0 spiro atoms. The van der Waals surface area contributed by atoms with Gasteiger partial charge in [0.15, 0.2) is 11.5 Å². The van der Waals surface area contributed by atoms with Gasteiger partial charge in [-0.2, -0.15) is 0 Å². The Balaban J connectivity index is 1.84. The standard InChI is InChI=1S/C21H16ClFO4/c22-18-9-2-1-6-15(18)13-26-19-10-4-8-17(21(24)25)20(19)27-12-14-5-3-7-16(23)11-14/h1-11H,12-13H2,(H,24,25). The van der Waals surface area contributed by atoms with Crippen LogP contribution >= 0.6 is 11.6 Å². The van der Waals surface area contributed by atoms with Gasteiger partial charge < -0.3 is 14.6 Å². The van der Waals surface area contributed by atoms with Crippen molar-refractivity contribution in [2.75, 3.05) is 0 Å². The van der Waals surface area contributed by atoms with Gasteiger partial charge in [0.2, 0.25) is 0 Å². The van der Waals surface area contributed by atoms with Gasteiger partial charge in [-0.1, -0.05) is 48.0 Å². The van der Waals surface area contributed by atoms with Gasteiger partial charge >= 0.3 is 5.97 Å².